The molecule has 0 radical (unpaired) electrons. The molecule has 2 N–H and O–H groups in total. The normalized spacial score (nSPS) is 17.7. The highest BCUT2D eigenvalue weighted by Crippen LogP contribution is 2.21. The number of hydrogen-bond donors (Lipinski definition) is 2. The Morgan fingerprint density at radius 2 is 1.78 bits per heavy atom. The molecule has 0 atom stereocenters. The lowest BCUT2D eigenvalue weighted by atomic mass is 10.2. The summed E-state index contributed by atoms with van der Waals surface area (Å²) in [6.45, 7) is 7.17. The quantitative estimate of drug-likeness (QED) is 0.496. The topological polar surface area (TPSA) is 89.0 Å². The maximum Gasteiger partial charge on any atom is 0.227 e. The third-order valence-electron chi connectivity index (χ3n) is 5.93. The molecule has 2 fully saturated rings. The summed E-state index contributed by atoms with van der Waals surface area (Å²) in [4.78, 5) is 31.4. The molecule has 2 aliphatic rings. The molecule has 2 aromatic rings. The van der Waals surface area contributed by atoms with Crippen molar-refractivity contribution in [3.63, 3.8) is 0 Å². The van der Waals surface area contributed by atoms with Gasteiger partial charge in [-0.05, 0) is 30.2 Å². The Kier molecular flexibility index (Phi) is 7.50. The summed E-state index contributed by atoms with van der Waals surface area (Å²) in [6, 6.07) is 10.0. The molecule has 0 spiro atoms. The van der Waals surface area contributed by atoms with Crippen LogP contribution < -0.4 is 20.4 Å². The van der Waals surface area contributed by atoms with E-state index in [4.69, 9.17) is 0 Å². The summed E-state index contributed by atoms with van der Waals surface area (Å²) in [6.07, 6.45) is 5.18. The van der Waals surface area contributed by atoms with E-state index in [0.717, 1.165) is 75.4 Å². The Balaban J connectivity index is 1.15. The van der Waals surface area contributed by atoms with Gasteiger partial charge in [-0.2, -0.15) is 0 Å². The van der Waals surface area contributed by atoms with Crippen LogP contribution in [0.25, 0.3) is 0 Å². The zero-order valence-corrected chi connectivity index (χ0v) is 18.7. The fraction of sp³-hybridized carbons (Fsp3) is 0.478. The minimum absolute atomic E-state index is 0.218. The molecule has 0 unspecified atom stereocenters. The molecular formula is C23H32N8O. The number of rotatable bonds is 7. The zero-order valence-electron chi connectivity index (χ0n) is 18.7. The second-order valence-corrected chi connectivity index (χ2v) is 8.05. The third-order valence-corrected chi connectivity index (χ3v) is 5.93. The summed E-state index contributed by atoms with van der Waals surface area (Å²) in [7, 11) is 1.79. The van der Waals surface area contributed by atoms with Gasteiger partial charge in [-0.1, -0.05) is 12.1 Å². The van der Waals surface area contributed by atoms with E-state index in [1.54, 1.807) is 19.4 Å². The van der Waals surface area contributed by atoms with Crippen molar-refractivity contribution in [1.29, 1.82) is 0 Å². The van der Waals surface area contributed by atoms with E-state index in [9.17, 15) is 4.79 Å². The van der Waals surface area contributed by atoms with Crippen LogP contribution in [-0.4, -0.2) is 79.6 Å². The Bertz CT molecular complexity index is 894. The van der Waals surface area contributed by atoms with Crippen molar-refractivity contribution in [1.82, 2.24) is 25.5 Å². The summed E-state index contributed by atoms with van der Waals surface area (Å²) in [5, 5.41) is 6.76. The Morgan fingerprint density at radius 1 is 1.03 bits per heavy atom. The van der Waals surface area contributed by atoms with Crippen molar-refractivity contribution < 1.29 is 4.79 Å². The number of nitrogens with zero attached hydrogens (tertiary/aromatic N) is 6. The lowest BCUT2D eigenvalue weighted by molar-refractivity contribution is -0.117. The van der Waals surface area contributed by atoms with Crippen LogP contribution >= 0.6 is 0 Å². The largest absolute Gasteiger partial charge is 0.355 e. The Labute approximate surface area is 189 Å². The van der Waals surface area contributed by atoms with Crippen molar-refractivity contribution in [2.75, 3.05) is 62.7 Å². The molecule has 170 valence electrons. The predicted molar refractivity (Wildman–Crippen MR) is 127 cm³/mol. The fourth-order valence-corrected chi connectivity index (χ4v) is 4.08. The minimum Gasteiger partial charge on any atom is -0.355 e. The molecule has 1 aromatic heterocycles. The van der Waals surface area contributed by atoms with E-state index in [1.807, 2.05) is 23.1 Å². The molecule has 32 heavy (non-hydrogen) atoms. The van der Waals surface area contributed by atoms with Crippen LogP contribution in [-0.2, 0) is 11.3 Å². The molecule has 1 aromatic carbocycles. The van der Waals surface area contributed by atoms with Crippen LogP contribution in [0.3, 0.4) is 0 Å². The van der Waals surface area contributed by atoms with Gasteiger partial charge in [0.25, 0.3) is 0 Å². The molecule has 9 nitrogen and oxygen atoms in total. The van der Waals surface area contributed by atoms with Gasteiger partial charge in [0.1, 0.15) is 0 Å². The maximum absolute atomic E-state index is 11.9. The van der Waals surface area contributed by atoms with Crippen LogP contribution in [0.2, 0.25) is 0 Å². The lowest BCUT2D eigenvalue weighted by Crippen LogP contribution is -2.49. The minimum atomic E-state index is 0.218. The third kappa shape index (κ3) is 5.73. The number of benzene rings is 1. The van der Waals surface area contributed by atoms with Gasteiger partial charge in [0.2, 0.25) is 11.9 Å². The molecule has 0 bridgehead atoms. The highest BCUT2D eigenvalue weighted by atomic mass is 16.2. The van der Waals surface area contributed by atoms with Crippen LogP contribution in [0.1, 0.15) is 18.4 Å². The van der Waals surface area contributed by atoms with Gasteiger partial charge in [0.15, 0.2) is 5.96 Å². The summed E-state index contributed by atoms with van der Waals surface area (Å²) >= 11 is 0. The standard InChI is InChI=1S/C23H32N8O/c1-24-22(28-18-19-5-7-20(8-6-19)31-12-2-4-21(31)32)25-11-13-29-14-16-30(17-15-29)23-26-9-3-10-27-23/h3,5-10H,2,4,11-18H2,1H3,(H2,24,25,28). The van der Waals surface area contributed by atoms with Crippen molar-refractivity contribution in [2.24, 2.45) is 4.99 Å². The molecule has 2 aliphatic heterocycles. The van der Waals surface area contributed by atoms with Gasteiger partial charge < -0.3 is 20.4 Å². The van der Waals surface area contributed by atoms with Crippen LogP contribution in [0.5, 0.6) is 0 Å². The second kappa shape index (κ2) is 10.9. The number of hydrogen-bond acceptors (Lipinski definition) is 6. The number of anilines is 2. The van der Waals surface area contributed by atoms with Gasteiger partial charge in [0.05, 0.1) is 0 Å². The first-order valence-electron chi connectivity index (χ1n) is 11.3. The van der Waals surface area contributed by atoms with Gasteiger partial charge in [-0.15, -0.1) is 0 Å². The number of piperazine rings is 1. The molecular weight excluding hydrogens is 404 g/mol. The first-order valence-corrected chi connectivity index (χ1v) is 11.3. The summed E-state index contributed by atoms with van der Waals surface area (Å²) < 4.78 is 0. The number of carbonyl (C=O) groups is 1. The van der Waals surface area contributed by atoms with E-state index in [2.05, 4.69) is 47.5 Å². The maximum atomic E-state index is 11.9. The molecule has 1 amide bonds. The lowest BCUT2D eigenvalue weighted by Gasteiger charge is -2.34. The second-order valence-electron chi connectivity index (χ2n) is 8.05. The molecule has 2 saturated heterocycles. The fourth-order valence-electron chi connectivity index (χ4n) is 4.08. The van der Waals surface area contributed by atoms with Gasteiger partial charge in [0, 0.05) is 83.9 Å². The number of aliphatic imine (C=N–C) groups is 1. The van der Waals surface area contributed by atoms with E-state index >= 15 is 0 Å². The van der Waals surface area contributed by atoms with Gasteiger partial charge in [-0.3, -0.25) is 14.7 Å². The van der Waals surface area contributed by atoms with Crippen LogP contribution in [0.4, 0.5) is 11.6 Å². The molecule has 4 rings (SSSR count). The molecule has 0 aliphatic carbocycles. The first kappa shape index (κ1) is 22.0. The molecule has 0 saturated carbocycles. The van der Waals surface area contributed by atoms with Crippen LogP contribution in [0.15, 0.2) is 47.7 Å². The monoisotopic (exact) mass is 436 g/mol. The highest BCUT2D eigenvalue weighted by molar-refractivity contribution is 5.95. The van der Waals surface area contributed by atoms with Gasteiger partial charge in [-0.25, -0.2) is 9.97 Å². The van der Waals surface area contributed by atoms with E-state index in [-0.39, 0.29) is 5.91 Å². The van der Waals surface area contributed by atoms with Crippen molar-refractivity contribution in [3.05, 3.63) is 48.3 Å². The summed E-state index contributed by atoms with van der Waals surface area (Å²) in [5.74, 6) is 1.82. The van der Waals surface area contributed by atoms with Gasteiger partial charge >= 0.3 is 0 Å². The number of nitrogens with one attached hydrogen (secondary N) is 2. The van der Waals surface area contributed by atoms with Crippen molar-refractivity contribution in [2.45, 2.75) is 19.4 Å². The zero-order chi connectivity index (χ0) is 22.2. The first-order chi connectivity index (χ1) is 15.7. The number of aromatic nitrogens is 2. The number of carbonyl (C=O) groups excluding carboxylic acids is 1. The Hall–Kier alpha value is -3.20. The summed E-state index contributed by atoms with van der Waals surface area (Å²) in [5.41, 5.74) is 2.14. The van der Waals surface area contributed by atoms with Crippen LogP contribution in [0, 0.1) is 0 Å². The van der Waals surface area contributed by atoms with Crippen molar-refractivity contribution >= 4 is 23.5 Å². The number of amides is 1. The number of guanidine groups is 1. The van der Waals surface area contributed by atoms with E-state index in [0.29, 0.717) is 13.0 Å². The van der Waals surface area contributed by atoms with Crippen molar-refractivity contribution in [3.8, 4) is 0 Å². The highest BCUT2D eigenvalue weighted by Gasteiger charge is 2.21. The molecule has 9 heteroatoms. The average molecular weight is 437 g/mol. The predicted octanol–water partition coefficient (Wildman–Crippen LogP) is 1.09. The Morgan fingerprint density at radius 3 is 2.44 bits per heavy atom. The van der Waals surface area contributed by atoms with E-state index < -0.39 is 0 Å². The van der Waals surface area contributed by atoms with E-state index in [1.165, 1.54) is 0 Å². The SMILES string of the molecule is CN=C(NCCN1CCN(c2ncccn2)CC1)NCc1ccc(N2CCCC2=O)cc1. The average Bonchev–Trinajstić information content (AvgIpc) is 3.28. The smallest absolute Gasteiger partial charge is 0.227 e. The molecule has 3 heterocycles.